The lowest BCUT2D eigenvalue weighted by Crippen LogP contribution is -2.31. The molecular weight excluding hydrogens is 234 g/mol. The van der Waals surface area contributed by atoms with E-state index in [1.807, 2.05) is 78.8 Å². The molecule has 2 rings (SSSR count). The molecule has 0 heterocycles. The van der Waals surface area contributed by atoms with Crippen molar-refractivity contribution in [1.29, 1.82) is 0 Å². The Morgan fingerprint density at radius 2 is 1.63 bits per heavy atom. The van der Waals surface area contributed by atoms with Gasteiger partial charge in [0.1, 0.15) is 0 Å². The molecule has 0 aromatic heterocycles. The van der Waals surface area contributed by atoms with Crippen molar-refractivity contribution in [2.24, 2.45) is 10.7 Å². The van der Waals surface area contributed by atoms with Gasteiger partial charge < -0.3 is 5.73 Å². The van der Waals surface area contributed by atoms with Crippen LogP contribution in [0.3, 0.4) is 0 Å². The largest absolute Gasteiger partial charge is 0.312 e. The highest BCUT2D eigenvalue weighted by Crippen LogP contribution is 2.12. The number of nitrogens with zero attached hydrogens (tertiary/aromatic N) is 2. The summed E-state index contributed by atoms with van der Waals surface area (Å²) in [4.78, 5) is 6.42. The minimum absolute atomic E-state index is 0.130. The van der Waals surface area contributed by atoms with Crippen LogP contribution in [-0.2, 0) is 0 Å². The highest BCUT2D eigenvalue weighted by atomic mass is 15.2. The molecule has 0 amide bonds. The van der Waals surface area contributed by atoms with Crippen LogP contribution in [0.1, 0.15) is 17.3 Å². The van der Waals surface area contributed by atoms with Crippen LogP contribution in [0.4, 0.5) is 0 Å². The van der Waals surface area contributed by atoms with Crippen molar-refractivity contribution < 1.29 is 0 Å². The van der Waals surface area contributed by atoms with E-state index in [-0.39, 0.29) is 6.17 Å². The van der Waals surface area contributed by atoms with Crippen LogP contribution in [0.25, 0.3) is 0 Å². The van der Waals surface area contributed by atoms with Gasteiger partial charge in [0, 0.05) is 6.21 Å². The first-order valence-corrected chi connectivity index (χ1v) is 6.33. The van der Waals surface area contributed by atoms with E-state index in [9.17, 15) is 0 Å². The molecule has 0 aliphatic heterocycles. The van der Waals surface area contributed by atoms with Crippen molar-refractivity contribution in [3.8, 4) is 0 Å². The Labute approximate surface area is 114 Å². The fraction of sp³-hybridized carbons (Fsp3) is 0.188. The fourth-order valence-electron chi connectivity index (χ4n) is 1.81. The molecular formula is C16H19N3. The lowest BCUT2D eigenvalue weighted by molar-refractivity contribution is 0.259. The summed E-state index contributed by atoms with van der Waals surface area (Å²) in [5.41, 5.74) is 8.37. The average molecular weight is 253 g/mol. The topological polar surface area (TPSA) is 41.6 Å². The molecule has 0 spiro atoms. The van der Waals surface area contributed by atoms with E-state index in [1.54, 1.807) is 0 Å². The number of hydrogen-bond donors (Lipinski definition) is 1. The highest BCUT2D eigenvalue weighted by Gasteiger charge is 2.09. The van der Waals surface area contributed by atoms with Crippen LogP contribution in [0.5, 0.6) is 0 Å². The third-order valence-electron chi connectivity index (χ3n) is 2.96. The molecule has 2 aromatic carbocycles. The van der Waals surface area contributed by atoms with Crippen LogP contribution in [0.15, 0.2) is 65.7 Å². The van der Waals surface area contributed by atoms with E-state index in [2.05, 4.69) is 4.99 Å². The summed E-state index contributed by atoms with van der Waals surface area (Å²) in [6, 6.07) is 20.1. The first-order valence-electron chi connectivity index (χ1n) is 6.33. The molecule has 1 atom stereocenters. The lowest BCUT2D eigenvalue weighted by atomic mass is 10.2. The Kier molecular flexibility index (Phi) is 4.84. The maximum absolute atomic E-state index is 6.17. The predicted molar refractivity (Wildman–Crippen MR) is 80.0 cm³/mol. The first-order chi connectivity index (χ1) is 9.27. The molecule has 0 aliphatic carbocycles. The third kappa shape index (κ3) is 4.02. The van der Waals surface area contributed by atoms with Crippen molar-refractivity contribution in [2.75, 3.05) is 13.7 Å². The first kappa shape index (κ1) is 13.5. The van der Waals surface area contributed by atoms with Crippen molar-refractivity contribution >= 4 is 6.21 Å². The highest BCUT2D eigenvalue weighted by molar-refractivity contribution is 5.79. The minimum atomic E-state index is -0.130. The Hall–Kier alpha value is -1.97. The zero-order valence-electron chi connectivity index (χ0n) is 11.1. The maximum atomic E-state index is 6.17. The molecule has 2 aromatic rings. The van der Waals surface area contributed by atoms with Crippen LogP contribution >= 0.6 is 0 Å². The third-order valence-corrected chi connectivity index (χ3v) is 2.96. The monoisotopic (exact) mass is 253 g/mol. The number of hydrogen-bond acceptors (Lipinski definition) is 3. The quantitative estimate of drug-likeness (QED) is 0.657. The SMILES string of the molecule is CN(CN=Cc1ccccc1)C(N)c1ccccc1. The molecule has 2 N–H and O–H groups in total. The molecule has 0 saturated heterocycles. The van der Waals surface area contributed by atoms with Gasteiger partial charge in [-0.15, -0.1) is 0 Å². The molecule has 19 heavy (non-hydrogen) atoms. The van der Waals surface area contributed by atoms with E-state index in [4.69, 9.17) is 5.73 Å². The van der Waals surface area contributed by atoms with E-state index >= 15 is 0 Å². The second-order valence-corrected chi connectivity index (χ2v) is 4.48. The molecule has 0 aliphatic rings. The molecule has 3 nitrogen and oxygen atoms in total. The van der Waals surface area contributed by atoms with E-state index in [0.29, 0.717) is 6.67 Å². The Bertz CT molecular complexity index is 508. The van der Waals surface area contributed by atoms with Crippen LogP contribution < -0.4 is 5.73 Å². The number of aliphatic imine (C=N–C) groups is 1. The molecule has 98 valence electrons. The van der Waals surface area contributed by atoms with Gasteiger partial charge in [-0.05, 0) is 18.2 Å². The molecule has 0 fully saturated rings. The Morgan fingerprint density at radius 3 is 2.26 bits per heavy atom. The van der Waals surface area contributed by atoms with Gasteiger partial charge in [-0.2, -0.15) is 0 Å². The number of benzene rings is 2. The molecule has 0 saturated carbocycles. The van der Waals surface area contributed by atoms with Gasteiger partial charge in [0.25, 0.3) is 0 Å². The fourth-order valence-corrected chi connectivity index (χ4v) is 1.81. The molecule has 1 unspecified atom stereocenters. The Balaban J connectivity index is 1.91. The lowest BCUT2D eigenvalue weighted by Gasteiger charge is -2.22. The van der Waals surface area contributed by atoms with Crippen LogP contribution in [0, 0.1) is 0 Å². The minimum Gasteiger partial charge on any atom is -0.312 e. The smallest absolute Gasteiger partial charge is 0.0921 e. The second kappa shape index (κ2) is 6.83. The van der Waals surface area contributed by atoms with Gasteiger partial charge in [0.15, 0.2) is 0 Å². The summed E-state index contributed by atoms with van der Waals surface area (Å²) < 4.78 is 0. The Morgan fingerprint density at radius 1 is 1.05 bits per heavy atom. The van der Waals surface area contributed by atoms with Crippen LogP contribution in [-0.4, -0.2) is 24.8 Å². The van der Waals surface area contributed by atoms with Crippen molar-refractivity contribution in [1.82, 2.24) is 4.90 Å². The maximum Gasteiger partial charge on any atom is 0.0921 e. The second-order valence-electron chi connectivity index (χ2n) is 4.48. The molecule has 0 radical (unpaired) electrons. The van der Waals surface area contributed by atoms with Gasteiger partial charge in [0.05, 0.1) is 12.8 Å². The summed E-state index contributed by atoms with van der Waals surface area (Å²) in [6.45, 7) is 0.574. The van der Waals surface area contributed by atoms with E-state index < -0.39 is 0 Å². The molecule has 0 bridgehead atoms. The van der Waals surface area contributed by atoms with E-state index in [0.717, 1.165) is 11.1 Å². The molecule has 3 heteroatoms. The van der Waals surface area contributed by atoms with Crippen molar-refractivity contribution in [2.45, 2.75) is 6.17 Å². The average Bonchev–Trinajstić information content (AvgIpc) is 2.48. The van der Waals surface area contributed by atoms with Crippen LogP contribution in [0.2, 0.25) is 0 Å². The van der Waals surface area contributed by atoms with Gasteiger partial charge in [-0.3, -0.25) is 9.89 Å². The predicted octanol–water partition coefficient (Wildman–Crippen LogP) is 2.65. The van der Waals surface area contributed by atoms with Gasteiger partial charge in [-0.1, -0.05) is 60.7 Å². The summed E-state index contributed by atoms with van der Waals surface area (Å²) in [5.74, 6) is 0. The zero-order chi connectivity index (χ0) is 13.5. The summed E-state index contributed by atoms with van der Waals surface area (Å²) in [5, 5.41) is 0. The van der Waals surface area contributed by atoms with Gasteiger partial charge in [-0.25, -0.2) is 0 Å². The number of nitrogens with two attached hydrogens (primary N) is 1. The van der Waals surface area contributed by atoms with Gasteiger partial charge >= 0.3 is 0 Å². The normalized spacial score (nSPS) is 13.0. The summed E-state index contributed by atoms with van der Waals surface area (Å²) in [7, 11) is 1.97. The summed E-state index contributed by atoms with van der Waals surface area (Å²) >= 11 is 0. The van der Waals surface area contributed by atoms with Gasteiger partial charge in [0.2, 0.25) is 0 Å². The van der Waals surface area contributed by atoms with E-state index in [1.165, 1.54) is 0 Å². The van der Waals surface area contributed by atoms with Crippen molar-refractivity contribution in [3.63, 3.8) is 0 Å². The zero-order valence-corrected chi connectivity index (χ0v) is 11.1. The standard InChI is InChI=1S/C16H19N3/c1-19(16(17)15-10-6-3-7-11-15)13-18-12-14-8-4-2-5-9-14/h2-12,16H,13,17H2,1H3. The van der Waals surface area contributed by atoms with Crippen molar-refractivity contribution in [3.05, 3.63) is 71.8 Å². The summed E-state index contributed by atoms with van der Waals surface area (Å²) in [6.07, 6.45) is 1.74. The number of rotatable bonds is 5.